The lowest BCUT2D eigenvalue weighted by atomic mass is 9.95. The van der Waals surface area contributed by atoms with Gasteiger partial charge in [0.05, 0.1) is 12.1 Å². The van der Waals surface area contributed by atoms with Crippen molar-refractivity contribution in [1.29, 1.82) is 0 Å². The number of rotatable bonds is 4. The normalized spacial score (nSPS) is 12.3. The summed E-state index contributed by atoms with van der Waals surface area (Å²) in [5.74, 6) is -1.72. The molecule has 94 valence electrons. The third-order valence-electron chi connectivity index (χ3n) is 2.22. The molecule has 1 aromatic heterocycles. The molecule has 1 N–H and O–H groups in total. The summed E-state index contributed by atoms with van der Waals surface area (Å²) in [5.41, 5.74) is 0. The second kappa shape index (κ2) is 6.16. The Kier molecular flexibility index (Phi) is 5.14. The van der Waals surface area contributed by atoms with Crippen LogP contribution in [0.1, 0.15) is 13.8 Å². The Hall–Kier alpha value is -0.880. The Morgan fingerprint density at radius 1 is 1.47 bits per heavy atom. The number of nitrogens with one attached hydrogen (secondary N) is 1. The molecule has 0 aromatic carbocycles. The zero-order valence-electron chi connectivity index (χ0n) is 9.82. The van der Waals surface area contributed by atoms with E-state index in [0.29, 0.717) is 5.00 Å². The van der Waals surface area contributed by atoms with E-state index in [2.05, 4.69) is 26.0 Å². The topological polar surface area (TPSA) is 55.4 Å². The Bertz CT molecular complexity index is 417. The van der Waals surface area contributed by atoms with Gasteiger partial charge in [0.15, 0.2) is 0 Å². The number of hydrogen-bond acceptors (Lipinski definition) is 4. The molecule has 4 nitrogen and oxygen atoms in total. The van der Waals surface area contributed by atoms with Crippen LogP contribution in [-0.2, 0) is 14.3 Å². The molecule has 0 aliphatic heterocycles. The van der Waals surface area contributed by atoms with Crippen LogP contribution >= 0.6 is 27.3 Å². The van der Waals surface area contributed by atoms with E-state index in [1.807, 2.05) is 19.2 Å². The molecule has 1 amide bonds. The van der Waals surface area contributed by atoms with E-state index in [1.165, 1.54) is 18.4 Å². The fourth-order valence-corrected chi connectivity index (χ4v) is 2.71. The van der Waals surface area contributed by atoms with Crippen LogP contribution in [0.2, 0.25) is 0 Å². The largest absolute Gasteiger partial charge is 0.468 e. The SMILES string of the molecule is COC(=O)C(C(=O)Nc1cc(Br)cs1)C(C)C. The van der Waals surface area contributed by atoms with Crippen LogP contribution in [0.25, 0.3) is 0 Å². The van der Waals surface area contributed by atoms with Crippen molar-refractivity contribution >= 4 is 44.1 Å². The van der Waals surface area contributed by atoms with E-state index in [1.54, 1.807) is 6.07 Å². The van der Waals surface area contributed by atoms with Crippen molar-refractivity contribution in [2.45, 2.75) is 13.8 Å². The van der Waals surface area contributed by atoms with Gasteiger partial charge in [0.2, 0.25) is 5.91 Å². The van der Waals surface area contributed by atoms with Gasteiger partial charge < -0.3 is 10.1 Å². The average Bonchev–Trinajstić information content (AvgIpc) is 2.63. The van der Waals surface area contributed by atoms with Crippen LogP contribution in [0.4, 0.5) is 5.00 Å². The van der Waals surface area contributed by atoms with Gasteiger partial charge >= 0.3 is 5.97 Å². The number of thiophene rings is 1. The molecule has 0 aliphatic rings. The van der Waals surface area contributed by atoms with Crippen LogP contribution in [-0.4, -0.2) is 19.0 Å². The van der Waals surface area contributed by atoms with Crippen LogP contribution in [0.15, 0.2) is 15.9 Å². The summed E-state index contributed by atoms with van der Waals surface area (Å²) < 4.78 is 5.53. The van der Waals surface area contributed by atoms with Gasteiger partial charge in [0, 0.05) is 9.85 Å². The number of anilines is 1. The number of halogens is 1. The van der Waals surface area contributed by atoms with Crippen molar-refractivity contribution in [3.05, 3.63) is 15.9 Å². The fraction of sp³-hybridized carbons (Fsp3) is 0.455. The molecule has 0 saturated heterocycles. The molecule has 0 radical (unpaired) electrons. The maximum atomic E-state index is 11.9. The number of ether oxygens (including phenoxy) is 1. The Morgan fingerprint density at radius 2 is 2.12 bits per heavy atom. The molecular formula is C11H14BrNO3S. The van der Waals surface area contributed by atoms with Gasteiger partial charge in [-0.1, -0.05) is 13.8 Å². The van der Waals surface area contributed by atoms with Crippen molar-refractivity contribution in [2.24, 2.45) is 11.8 Å². The molecule has 17 heavy (non-hydrogen) atoms. The van der Waals surface area contributed by atoms with Crippen LogP contribution < -0.4 is 5.32 Å². The van der Waals surface area contributed by atoms with E-state index in [9.17, 15) is 9.59 Å². The quantitative estimate of drug-likeness (QED) is 0.685. The van der Waals surface area contributed by atoms with Crippen LogP contribution in [0.3, 0.4) is 0 Å². The summed E-state index contributed by atoms with van der Waals surface area (Å²) in [6, 6.07) is 1.79. The molecule has 1 rings (SSSR count). The number of amides is 1. The number of carbonyl (C=O) groups excluding carboxylic acids is 2. The second-order valence-corrected chi connectivity index (χ2v) is 5.69. The Labute approximate surface area is 112 Å². The lowest BCUT2D eigenvalue weighted by molar-refractivity contribution is -0.150. The van der Waals surface area contributed by atoms with Crippen molar-refractivity contribution < 1.29 is 14.3 Å². The third kappa shape index (κ3) is 3.81. The van der Waals surface area contributed by atoms with Gasteiger partial charge in [-0.2, -0.15) is 0 Å². The smallest absolute Gasteiger partial charge is 0.318 e. The highest BCUT2D eigenvalue weighted by Gasteiger charge is 2.30. The van der Waals surface area contributed by atoms with Crippen molar-refractivity contribution in [3.8, 4) is 0 Å². The van der Waals surface area contributed by atoms with Crippen molar-refractivity contribution in [1.82, 2.24) is 0 Å². The molecule has 0 saturated carbocycles. The summed E-state index contributed by atoms with van der Waals surface area (Å²) in [7, 11) is 1.28. The van der Waals surface area contributed by atoms with E-state index >= 15 is 0 Å². The standard InChI is InChI=1S/C11H14BrNO3S/c1-6(2)9(11(15)16-3)10(14)13-8-4-7(12)5-17-8/h4-6,9H,1-3H3,(H,13,14). The number of hydrogen-bond donors (Lipinski definition) is 1. The first-order valence-corrected chi connectivity index (χ1v) is 6.75. The number of methoxy groups -OCH3 is 1. The van der Waals surface area contributed by atoms with Crippen molar-refractivity contribution in [3.63, 3.8) is 0 Å². The van der Waals surface area contributed by atoms with Gasteiger partial charge in [0.1, 0.15) is 5.92 Å². The fourth-order valence-electron chi connectivity index (χ4n) is 1.39. The summed E-state index contributed by atoms with van der Waals surface area (Å²) in [6.45, 7) is 3.62. The Balaban J connectivity index is 2.75. The maximum absolute atomic E-state index is 11.9. The summed E-state index contributed by atoms with van der Waals surface area (Å²) in [5, 5.41) is 5.27. The molecule has 1 atom stereocenters. The molecule has 0 aliphatic carbocycles. The first kappa shape index (κ1) is 14.2. The third-order valence-corrected chi connectivity index (χ3v) is 3.82. The molecule has 0 spiro atoms. The highest BCUT2D eigenvalue weighted by molar-refractivity contribution is 9.10. The second-order valence-electron chi connectivity index (χ2n) is 3.86. The Morgan fingerprint density at radius 3 is 2.53 bits per heavy atom. The van der Waals surface area contributed by atoms with Gasteiger partial charge in [-0.3, -0.25) is 9.59 Å². The molecular weight excluding hydrogens is 306 g/mol. The van der Waals surface area contributed by atoms with Crippen LogP contribution in [0, 0.1) is 11.8 Å². The summed E-state index contributed by atoms with van der Waals surface area (Å²) in [6.07, 6.45) is 0. The molecule has 1 heterocycles. The zero-order valence-corrected chi connectivity index (χ0v) is 12.2. The predicted molar refractivity (Wildman–Crippen MR) is 71.0 cm³/mol. The minimum atomic E-state index is -0.777. The number of carbonyl (C=O) groups is 2. The molecule has 6 heteroatoms. The van der Waals surface area contributed by atoms with E-state index < -0.39 is 11.9 Å². The summed E-state index contributed by atoms with van der Waals surface area (Å²) >= 11 is 4.69. The van der Waals surface area contributed by atoms with E-state index in [0.717, 1.165) is 4.47 Å². The van der Waals surface area contributed by atoms with Crippen molar-refractivity contribution in [2.75, 3.05) is 12.4 Å². The van der Waals surface area contributed by atoms with Gasteiger partial charge in [-0.25, -0.2) is 0 Å². The van der Waals surface area contributed by atoms with E-state index in [-0.39, 0.29) is 11.8 Å². The number of esters is 1. The van der Waals surface area contributed by atoms with Crippen LogP contribution in [0.5, 0.6) is 0 Å². The van der Waals surface area contributed by atoms with Gasteiger partial charge in [0.25, 0.3) is 0 Å². The predicted octanol–water partition coefficient (Wildman–Crippen LogP) is 2.89. The molecule has 1 aromatic rings. The first-order valence-electron chi connectivity index (χ1n) is 5.08. The lowest BCUT2D eigenvalue weighted by Crippen LogP contribution is -2.34. The first-order chi connectivity index (χ1) is 7.95. The molecule has 1 unspecified atom stereocenters. The molecule has 0 fully saturated rings. The monoisotopic (exact) mass is 319 g/mol. The molecule has 0 bridgehead atoms. The van der Waals surface area contributed by atoms with Gasteiger partial charge in [-0.15, -0.1) is 11.3 Å². The highest BCUT2D eigenvalue weighted by atomic mass is 79.9. The highest BCUT2D eigenvalue weighted by Crippen LogP contribution is 2.25. The minimum absolute atomic E-state index is 0.106. The minimum Gasteiger partial charge on any atom is -0.468 e. The van der Waals surface area contributed by atoms with Gasteiger partial charge in [-0.05, 0) is 27.9 Å². The van der Waals surface area contributed by atoms with E-state index in [4.69, 9.17) is 0 Å². The summed E-state index contributed by atoms with van der Waals surface area (Å²) in [4.78, 5) is 23.4. The maximum Gasteiger partial charge on any atom is 0.318 e. The zero-order chi connectivity index (χ0) is 13.0. The lowest BCUT2D eigenvalue weighted by Gasteiger charge is -2.17. The average molecular weight is 320 g/mol.